The summed E-state index contributed by atoms with van der Waals surface area (Å²) in [7, 11) is 0. The number of carbonyl (C=O) groups excluding carboxylic acids is 1. The predicted octanol–water partition coefficient (Wildman–Crippen LogP) is 1.63. The van der Waals surface area contributed by atoms with Crippen molar-refractivity contribution in [3.05, 3.63) is 35.4 Å². The van der Waals surface area contributed by atoms with E-state index in [4.69, 9.17) is 0 Å². The number of amides is 1. The normalized spacial score (nSPS) is 20.9. The van der Waals surface area contributed by atoms with Crippen molar-refractivity contribution in [2.45, 2.75) is 38.8 Å². The smallest absolute Gasteiger partial charge is 0.234 e. The third-order valence-electron chi connectivity index (χ3n) is 4.08. The Morgan fingerprint density at radius 2 is 2.25 bits per heavy atom. The highest BCUT2D eigenvalue weighted by Crippen LogP contribution is 2.17. The average Bonchev–Trinajstić information content (AvgIpc) is 2.82. The van der Waals surface area contributed by atoms with Crippen LogP contribution in [-0.4, -0.2) is 41.6 Å². The van der Waals surface area contributed by atoms with Gasteiger partial charge in [-0.2, -0.15) is 0 Å². The number of aliphatic hydroxyl groups is 1. The van der Waals surface area contributed by atoms with Gasteiger partial charge in [-0.3, -0.25) is 9.69 Å². The summed E-state index contributed by atoms with van der Waals surface area (Å²) < 4.78 is 0. The van der Waals surface area contributed by atoms with Gasteiger partial charge in [0.25, 0.3) is 0 Å². The van der Waals surface area contributed by atoms with E-state index in [0.29, 0.717) is 12.6 Å². The van der Waals surface area contributed by atoms with Crippen molar-refractivity contribution in [2.75, 3.05) is 19.6 Å². The van der Waals surface area contributed by atoms with Crippen molar-refractivity contribution < 1.29 is 9.90 Å². The second-order valence-electron chi connectivity index (χ2n) is 5.64. The molecule has 0 spiro atoms. The van der Waals surface area contributed by atoms with Crippen molar-refractivity contribution in [2.24, 2.45) is 0 Å². The van der Waals surface area contributed by atoms with Gasteiger partial charge in [0.05, 0.1) is 12.6 Å². The maximum absolute atomic E-state index is 11.9. The van der Waals surface area contributed by atoms with Crippen LogP contribution in [0.25, 0.3) is 0 Å². The van der Waals surface area contributed by atoms with Crippen LogP contribution >= 0.6 is 0 Å². The Morgan fingerprint density at radius 3 is 2.90 bits per heavy atom. The minimum absolute atomic E-state index is 0.00798. The van der Waals surface area contributed by atoms with E-state index in [2.05, 4.69) is 17.1 Å². The highest BCUT2D eigenvalue weighted by molar-refractivity contribution is 5.78. The van der Waals surface area contributed by atoms with E-state index in [9.17, 15) is 9.90 Å². The molecule has 2 unspecified atom stereocenters. The summed E-state index contributed by atoms with van der Waals surface area (Å²) >= 11 is 0. The zero-order chi connectivity index (χ0) is 14.5. The van der Waals surface area contributed by atoms with Crippen LogP contribution in [0.3, 0.4) is 0 Å². The lowest BCUT2D eigenvalue weighted by molar-refractivity contribution is -0.122. The third-order valence-corrected chi connectivity index (χ3v) is 4.08. The minimum Gasteiger partial charge on any atom is -0.387 e. The summed E-state index contributed by atoms with van der Waals surface area (Å²) in [5.41, 5.74) is 1.92. The minimum atomic E-state index is -0.642. The maximum atomic E-state index is 11.9. The molecule has 20 heavy (non-hydrogen) atoms. The molecule has 1 aromatic rings. The first-order valence-electron chi connectivity index (χ1n) is 7.32. The SMILES string of the molecule is Cc1ccccc1C(O)CNC(=O)CN1CCCC1C. The summed E-state index contributed by atoms with van der Waals surface area (Å²) in [6.07, 6.45) is 1.69. The van der Waals surface area contributed by atoms with E-state index in [-0.39, 0.29) is 12.5 Å². The first-order chi connectivity index (χ1) is 9.58. The van der Waals surface area contributed by atoms with Crippen LogP contribution < -0.4 is 5.32 Å². The molecule has 110 valence electrons. The molecule has 0 bridgehead atoms. The Morgan fingerprint density at radius 1 is 1.50 bits per heavy atom. The van der Waals surface area contributed by atoms with Gasteiger partial charge in [-0.1, -0.05) is 24.3 Å². The van der Waals surface area contributed by atoms with Gasteiger partial charge in [-0.05, 0) is 44.4 Å². The highest BCUT2D eigenvalue weighted by atomic mass is 16.3. The number of benzene rings is 1. The molecule has 0 radical (unpaired) electrons. The fourth-order valence-electron chi connectivity index (χ4n) is 2.75. The third kappa shape index (κ3) is 3.81. The highest BCUT2D eigenvalue weighted by Gasteiger charge is 2.22. The van der Waals surface area contributed by atoms with Gasteiger partial charge in [-0.25, -0.2) is 0 Å². The molecule has 2 atom stereocenters. The first-order valence-corrected chi connectivity index (χ1v) is 7.32. The van der Waals surface area contributed by atoms with Gasteiger partial charge in [0.2, 0.25) is 5.91 Å². The molecular formula is C16H24N2O2. The van der Waals surface area contributed by atoms with E-state index in [0.717, 1.165) is 17.7 Å². The molecule has 1 heterocycles. The number of carbonyl (C=O) groups is 1. The molecule has 1 amide bonds. The van der Waals surface area contributed by atoms with Crippen LogP contribution in [0.5, 0.6) is 0 Å². The fraction of sp³-hybridized carbons (Fsp3) is 0.562. The number of nitrogens with one attached hydrogen (secondary N) is 1. The van der Waals surface area contributed by atoms with Crippen LogP contribution in [-0.2, 0) is 4.79 Å². The van der Waals surface area contributed by atoms with Crippen LogP contribution in [0.4, 0.5) is 0 Å². The largest absolute Gasteiger partial charge is 0.387 e. The quantitative estimate of drug-likeness (QED) is 0.859. The van der Waals surface area contributed by atoms with Crippen LogP contribution in [0.1, 0.15) is 37.0 Å². The zero-order valence-corrected chi connectivity index (χ0v) is 12.3. The fourth-order valence-corrected chi connectivity index (χ4v) is 2.75. The molecular weight excluding hydrogens is 252 g/mol. The van der Waals surface area contributed by atoms with E-state index < -0.39 is 6.10 Å². The van der Waals surface area contributed by atoms with E-state index in [1.165, 1.54) is 12.8 Å². The number of aliphatic hydroxyl groups excluding tert-OH is 1. The molecule has 1 aliphatic heterocycles. The first kappa shape index (κ1) is 15.0. The molecule has 1 saturated heterocycles. The Bertz CT molecular complexity index is 462. The summed E-state index contributed by atoms with van der Waals surface area (Å²) in [5.74, 6) is -0.00798. The summed E-state index contributed by atoms with van der Waals surface area (Å²) in [5, 5.41) is 13.0. The standard InChI is InChI=1S/C16H24N2O2/c1-12-6-3-4-8-14(12)15(19)10-17-16(20)11-18-9-5-7-13(18)2/h3-4,6,8,13,15,19H,5,7,9-11H2,1-2H3,(H,17,20). The van der Waals surface area contributed by atoms with E-state index in [1.807, 2.05) is 31.2 Å². The van der Waals surface area contributed by atoms with Gasteiger partial charge in [-0.15, -0.1) is 0 Å². The van der Waals surface area contributed by atoms with Crippen molar-refractivity contribution in [3.63, 3.8) is 0 Å². The Balaban J connectivity index is 1.80. The van der Waals surface area contributed by atoms with Gasteiger partial charge in [0.1, 0.15) is 0 Å². The van der Waals surface area contributed by atoms with Crippen molar-refractivity contribution in [1.29, 1.82) is 0 Å². The zero-order valence-electron chi connectivity index (χ0n) is 12.3. The van der Waals surface area contributed by atoms with Crippen LogP contribution in [0.15, 0.2) is 24.3 Å². The van der Waals surface area contributed by atoms with Gasteiger partial charge in [0.15, 0.2) is 0 Å². The predicted molar refractivity (Wildman–Crippen MR) is 79.4 cm³/mol. The summed E-state index contributed by atoms with van der Waals surface area (Å²) in [4.78, 5) is 14.1. The van der Waals surface area contributed by atoms with Crippen LogP contribution in [0, 0.1) is 6.92 Å². The molecule has 2 N–H and O–H groups in total. The number of hydrogen-bond donors (Lipinski definition) is 2. The molecule has 0 saturated carbocycles. The lowest BCUT2D eigenvalue weighted by Crippen LogP contribution is -2.40. The van der Waals surface area contributed by atoms with Gasteiger partial charge >= 0.3 is 0 Å². The lowest BCUT2D eigenvalue weighted by Gasteiger charge is -2.21. The van der Waals surface area contributed by atoms with Crippen LogP contribution in [0.2, 0.25) is 0 Å². The number of rotatable bonds is 5. The monoisotopic (exact) mass is 276 g/mol. The van der Waals surface area contributed by atoms with E-state index in [1.54, 1.807) is 0 Å². The molecule has 4 heteroatoms. The second-order valence-corrected chi connectivity index (χ2v) is 5.64. The molecule has 0 aromatic heterocycles. The average molecular weight is 276 g/mol. The van der Waals surface area contributed by atoms with Crippen molar-refractivity contribution in [3.8, 4) is 0 Å². The molecule has 0 aliphatic carbocycles. The molecule has 1 aromatic carbocycles. The summed E-state index contributed by atoms with van der Waals surface area (Å²) in [6, 6.07) is 8.20. The van der Waals surface area contributed by atoms with Crippen molar-refractivity contribution >= 4 is 5.91 Å². The Kier molecular flexibility index (Phi) is 5.15. The number of nitrogens with zero attached hydrogens (tertiary/aromatic N) is 1. The number of likely N-dealkylation sites (tertiary alicyclic amines) is 1. The number of aryl methyl sites for hydroxylation is 1. The molecule has 4 nitrogen and oxygen atoms in total. The lowest BCUT2D eigenvalue weighted by atomic mass is 10.0. The summed E-state index contributed by atoms with van der Waals surface area (Å²) in [6.45, 7) is 5.82. The topological polar surface area (TPSA) is 52.6 Å². The Labute approximate surface area is 120 Å². The molecule has 1 aliphatic rings. The van der Waals surface area contributed by atoms with Crippen molar-refractivity contribution in [1.82, 2.24) is 10.2 Å². The van der Waals surface area contributed by atoms with Gasteiger partial charge in [0, 0.05) is 12.6 Å². The number of hydrogen-bond acceptors (Lipinski definition) is 3. The Hall–Kier alpha value is -1.39. The molecule has 1 fully saturated rings. The molecule has 2 rings (SSSR count). The van der Waals surface area contributed by atoms with E-state index >= 15 is 0 Å². The maximum Gasteiger partial charge on any atom is 0.234 e. The van der Waals surface area contributed by atoms with Gasteiger partial charge < -0.3 is 10.4 Å². The second kappa shape index (κ2) is 6.86.